The van der Waals surface area contributed by atoms with Gasteiger partial charge in [-0.15, -0.1) is 0 Å². The molecule has 104 valence electrons. The van der Waals surface area contributed by atoms with E-state index in [1.165, 1.54) is 12.1 Å². The predicted molar refractivity (Wildman–Crippen MR) is 73.2 cm³/mol. The maximum atomic E-state index is 13.4. The van der Waals surface area contributed by atoms with Crippen LogP contribution >= 0.6 is 0 Å². The van der Waals surface area contributed by atoms with Gasteiger partial charge in [-0.25, -0.2) is 4.39 Å². The van der Waals surface area contributed by atoms with E-state index in [0.717, 1.165) is 37.7 Å². The van der Waals surface area contributed by atoms with Gasteiger partial charge in [0.25, 0.3) is 0 Å². The quantitative estimate of drug-likeness (QED) is 0.800. The average Bonchev–Trinajstić information content (AvgIpc) is 2.89. The van der Waals surface area contributed by atoms with Crippen molar-refractivity contribution in [3.05, 3.63) is 35.6 Å². The van der Waals surface area contributed by atoms with E-state index in [4.69, 9.17) is 5.73 Å². The molecule has 0 unspecified atom stereocenters. The maximum absolute atomic E-state index is 13.4. The topological polar surface area (TPSA) is 55.1 Å². The summed E-state index contributed by atoms with van der Waals surface area (Å²) in [5.41, 5.74) is 5.69. The fourth-order valence-electron chi connectivity index (χ4n) is 2.88. The second-order valence-electron chi connectivity index (χ2n) is 5.20. The lowest BCUT2D eigenvalue weighted by atomic mass is 9.78. The van der Waals surface area contributed by atoms with Gasteiger partial charge in [0.2, 0.25) is 5.91 Å². The molecule has 0 radical (unpaired) electrons. The Morgan fingerprint density at radius 2 is 2.11 bits per heavy atom. The number of halogens is 1. The first-order chi connectivity index (χ1) is 9.19. The van der Waals surface area contributed by atoms with Crippen molar-refractivity contribution in [1.29, 1.82) is 0 Å². The Morgan fingerprint density at radius 1 is 1.37 bits per heavy atom. The summed E-state index contributed by atoms with van der Waals surface area (Å²) < 4.78 is 13.4. The Kier molecular flexibility index (Phi) is 4.53. The molecule has 0 aliphatic heterocycles. The molecule has 0 spiro atoms. The molecule has 1 aliphatic rings. The maximum Gasteiger partial charge on any atom is 0.230 e. The first-order valence-electron chi connectivity index (χ1n) is 6.93. The minimum atomic E-state index is -0.545. The molecule has 2 rings (SSSR count). The molecular formula is C15H21FN2O. The summed E-state index contributed by atoms with van der Waals surface area (Å²) >= 11 is 0. The van der Waals surface area contributed by atoms with E-state index in [0.29, 0.717) is 13.1 Å². The zero-order chi connectivity index (χ0) is 13.7. The highest BCUT2D eigenvalue weighted by molar-refractivity contribution is 5.88. The monoisotopic (exact) mass is 264 g/mol. The van der Waals surface area contributed by atoms with Crippen LogP contribution in [-0.4, -0.2) is 19.0 Å². The van der Waals surface area contributed by atoms with Crippen LogP contribution in [0, 0.1) is 5.82 Å². The van der Waals surface area contributed by atoms with E-state index >= 15 is 0 Å². The predicted octanol–water partition coefficient (Wildman–Crippen LogP) is 2.10. The van der Waals surface area contributed by atoms with Crippen molar-refractivity contribution in [2.24, 2.45) is 5.73 Å². The van der Waals surface area contributed by atoms with Crippen LogP contribution in [0.1, 0.15) is 37.7 Å². The van der Waals surface area contributed by atoms with E-state index in [2.05, 4.69) is 5.32 Å². The number of nitrogens with one attached hydrogen (secondary N) is 1. The van der Waals surface area contributed by atoms with Gasteiger partial charge in [0.1, 0.15) is 5.82 Å². The summed E-state index contributed by atoms with van der Waals surface area (Å²) in [6.07, 6.45) is 4.39. The van der Waals surface area contributed by atoms with Crippen LogP contribution in [-0.2, 0) is 10.2 Å². The number of hydrogen-bond acceptors (Lipinski definition) is 2. The van der Waals surface area contributed by atoms with Crippen LogP contribution < -0.4 is 11.1 Å². The van der Waals surface area contributed by atoms with Crippen molar-refractivity contribution < 1.29 is 9.18 Å². The van der Waals surface area contributed by atoms with Gasteiger partial charge in [0, 0.05) is 6.54 Å². The highest BCUT2D eigenvalue weighted by Crippen LogP contribution is 2.41. The second-order valence-corrected chi connectivity index (χ2v) is 5.20. The van der Waals surface area contributed by atoms with E-state index in [-0.39, 0.29) is 11.7 Å². The molecule has 3 N–H and O–H groups in total. The third-order valence-electron chi connectivity index (χ3n) is 3.94. The van der Waals surface area contributed by atoms with Crippen LogP contribution in [0.25, 0.3) is 0 Å². The van der Waals surface area contributed by atoms with E-state index in [1.807, 2.05) is 6.07 Å². The molecule has 1 fully saturated rings. The van der Waals surface area contributed by atoms with Gasteiger partial charge in [-0.05, 0) is 43.5 Å². The minimum Gasteiger partial charge on any atom is -0.355 e. The molecule has 1 saturated carbocycles. The first kappa shape index (κ1) is 14.0. The van der Waals surface area contributed by atoms with Gasteiger partial charge in [0.15, 0.2) is 0 Å². The lowest BCUT2D eigenvalue weighted by Crippen LogP contribution is -2.43. The summed E-state index contributed by atoms with van der Waals surface area (Å²) in [4.78, 5) is 12.5. The molecule has 1 aliphatic carbocycles. The normalized spacial score (nSPS) is 17.4. The van der Waals surface area contributed by atoms with Crippen molar-refractivity contribution in [2.75, 3.05) is 13.1 Å². The van der Waals surface area contributed by atoms with Gasteiger partial charge in [-0.3, -0.25) is 4.79 Å². The lowest BCUT2D eigenvalue weighted by molar-refractivity contribution is -0.126. The van der Waals surface area contributed by atoms with Crippen LogP contribution in [0.15, 0.2) is 24.3 Å². The van der Waals surface area contributed by atoms with E-state index in [9.17, 15) is 9.18 Å². The van der Waals surface area contributed by atoms with Crippen LogP contribution in [0.5, 0.6) is 0 Å². The highest BCUT2D eigenvalue weighted by atomic mass is 19.1. The van der Waals surface area contributed by atoms with Crippen LogP contribution in [0.2, 0.25) is 0 Å². The number of carbonyl (C=O) groups excluding carboxylic acids is 1. The van der Waals surface area contributed by atoms with Gasteiger partial charge in [-0.1, -0.05) is 25.0 Å². The summed E-state index contributed by atoms with van der Waals surface area (Å²) in [6.45, 7) is 1.15. The molecule has 1 aromatic rings. The Bertz CT molecular complexity index is 442. The van der Waals surface area contributed by atoms with Gasteiger partial charge in [-0.2, -0.15) is 0 Å². The smallest absolute Gasteiger partial charge is 0.230 e. The van der Waals surface area contributed by atoms with E-state index < -0.39 is 5.41 Å². The van der Waals surface area contributed by atoms with Crippen LogP contribution in [0.3, 0.4) is 0 Å². The number of benzene rings is 1. The fourth-order valence-corrected chi connectivity index (χ4v) is 2.88. The molecule has 3 nitrogen and oxygen atoms in total. The molecule has 0 saturated heterocycles. The van der Waals surface area contributed by atoms with Crippen molar-refractivity contribution in [3.63, 3.8) is 0 Å². The van der Waals surface area contributed by atoms with Crippen molar-refractivity contribution in [3.8, 4) is 0 Å². The van der Waals surface area contributed by atoms with E-state index in [1.54, 1.807) is 6.07 Å². The molecule has 1 aromatic carbocycles. The number of carbonyl (C=O) groups is 1. The van der Waals surface area contributed by atoms with Gasteiger partial charge < -0.3 is 11.1 Å². The molecule has 0 bridgehead atoms. The van der Waals surface area contributed by atoms with Crippen molar-refractivity contribution >= 4 is 5.91 Å². The Balaban J connectivity index is 2.20. The zero-order valence-corrected chi connectivity index (χ0v) is 11.1. The molecule has 0 heterocycles. The SMILES string of the molecule is NCCCNC(=O)C1(c2cccc(F)c2)CCCC1. The van der Waals surface area contributed by atoms with Gasteiger partial charge >= 0.3 is 0 Å². The standard InChI is InChI=1S/C15H21FN2O/c16-13-6-3-5-12(11-13)15(7-1-2-8-15)14(19)18-10-4-9-17/h3,5-6,11H,1-2,4,7-10,17H2,(H,18,19). The number of nitrogens with two attached hydrogens (primary N) is 1. The molecular weight excluding hydrogens is 243 g/mol. The van der Waals surface area contributed by atoms with Crippen LogP contribution in [0.4, 0.5) is 4.39 Å². The summed E-state index contributed by atoms with van der Waals surface area (Å²) in [5.74, 6) is -0.261. The lowest BCUT2D eigenvalue weighted by Gasteiger charge is -2.28. The van der Waals surface area contributed by atoms with Crippen molar-refractivity contribution in [2.45, 2.75) is 37.5 Å². The Hall–Kier alpha value is -1.42. The molecule has 1 amide bonds. The third kappa shape index (κ3) is 2.95. The molecule has 0 aromatic heterocycles. The number of hydrogen-bond donors (Lipinski definition) is 2. The summed E-state index contributed by atoms with van der Waals surface area (Å²) in [5, 5.41) is 2.94. The highest BCUT2D eigenvalue weighted by Gasteiger charge is 2.42. The molecule has 19 heavy (non-hydrogen) atoms. The average molecular weight is 264 g/mol. The summed E-state index contributed by atoms with van der Waals surface area (Å²) in [7, 11) is 0. The zero-order valence-electron chi connectivity index (χ0n) is 11.1. The number of amides is 1. The first-order valence-corrected chi connectivity index (χ1v) is 6.93. The fraction of sp³-hybridized carbons (Fsp3) is 0.533. The molecule has 0 atom stereocenters. The Morgan fingerprint density at radius 3 is 2.74 bits per heavy atom. The van der Waals surface area contributed by atoms with Crippen molar-refractivity contribution in [1.82, 2.24) is 5.32 Å². The summed E-state index contributed by atoms with van der Waals surface area (Å²) in [6, 6.07) is 6.45. The van der Waals surface area contributed by atoms with Gasteiger partial charge in [0.05, 0.1) is 5.41 Å². The molecule has 4 heteroatoms. The number of rotatable bonds is 5. The largest absolute Gasteiger partial charge is 0.355 e. The third-order valence-corrected chi connectivity index (χ3v) is 3.94. The second kappa shape index (κ2) is 6.15. The minimum absolute atomic E-state index is 0.0176. The Labute approximate surface area is 113 Å².